The molecule has 0 radical (unpaired) electrons. The van der Waals surface area contributed by atoms with E-state index in [1.165, 1.54) is 0 Å². The summed E-state index contributed by atoms with van der Waals surface area (Å²) < 4.78 is 5.97. The fourth-order valence-corrected chi connectivity index (χ4v) is 2.50. The van der Waals surface area contributed by atoms with Crippen LogP contribution in [0.25, 0.3) is 0 Å². The van der Waals surface area contributed by atoms with Gasteiger partial charge in [-0.1, -0.05) is 12.1 Å². The first-order valence-corrected chi connectivity index (χ1v) is 7.34. The van der Waals surface area contributed by atoms with Gasteiger partial charge in [-0.15, -0.1) is 0 Å². The number of aryl methyl sites for hydroxylation is 3. The van der Waals surface area contributed by atoms with Crippen molar-refractivity contribution in [1.82, 2.24) is 0 Å². The van der Waals surface area contributed by atoms with E-state index in [2.05, 4.69) is 0 Å². The summed E-state index contributed by atoms with van der Waals surface area (Å²) >= 11 is 0. The van der Waals surface area contributed by atoms with Crippen LogP contribution in [0.2, 0.25) is 0 Å². The number of rotatable bonds is 5. The number of phenolic OH excluding ortho intramolecular Hbond substituents is 1. The van der Waals surface area contributed by atoms with Crippen molar-refractivity contribution in [2.75, 3.05) is 6.61 Å². The molecule has 0 aliphatic carbocycles. The van der Waals surface area contributed by atoms with Crippen molar-refractivity contribution in [3.8, 4) is 17.2 Å². The number of aromatic hydroxyl groups is 1. The van der Waals surface area contributed by atoms with Gasteiger partial charge in [0.2, 0.25) is 0 Å². The van der Waals surface area contributed by atoms with E-state index in [1.54, 1.807) is 12.1 Å². The van der Waals surface area contributed by atoms with Crippen molar-refractivity contribution >= 4 is 0 Å². The number of ether oxygens (including phenoxy) is 1. The molecule has 0 saturated heterocycles. The van der Waals surface area contributed by atoms with Crippen LogP contribution in [0.1, 0.15) is 22.3 Å². The Kier molecular flexibility index (Phi) is 5.06. The molecule has 0 fully saturated rings. The minimum Gasteiger partial charge on any atom is -0.508 e. The molecule has 0 saturated carbocycles. The molecule has 4 heteroatoms. The number of aliphatic hydroxyl groups is 1. The maximum Gasteiger partial charge on any atom is 0.133 e. The predicted molar refractivity (Wildman–Crippen MR) is 87.6 cm³/mol. The number of benzene rings is 2. The molecule has 0 aliphatic rings. The Morgan fingerprint density at radius 3 is 2.23 bits per heavy atom. The van der Waals surface area contributed by atoms with E-state index in [9.17, 15) is 5.11 Å². The third-order valence-corrected chi connectivity index (χ3v) is 3.64. The van der Waals surface area contributed by atoms with Gasteiger partial charge in [0.05, 0.1) is 6.61 Å². The second-order valence-corrected chi connectivity index (χ2v) is 5.76. The second-order valence-electron chi connectivity index (χ2n) is 5.76. The molecular weight excluding hydrogens is 278 g/mol. The highest BCUT2D eigenvalue weighted by atomic mass is 16.5. The summed E-state index contributed by atoms with van der Waals surface area (Å²) in [6, 6.07) is 9.01. The average molecular weight is 301 g/mol. The van der Waals surface area contributed by atoms with Gasteiger partial charge in [0.15, 0.2) is 0 Å². The Morgan fingerprint density at radius 1 is 1.05 bits per heavy atom. The van der Waals surface area contributed by atoms with Gasteiger partial charge < -0.3 is 20.7 Å². The predicted octanol–water partition coefficient (Wildman–Crippen LogP) is 2.97. The van der Waals surface area contributed by atoms with Gasteiger partial charge in [0, 0.05) is 6.04 Å². The Labute approximate surface area is 131 Å². The second kappa shape index (κ2) is 6.81. The molecule has 22 heavy (non-hydrogen) atoms. The molecule has 118 valence electrons. The largest absolute Gasteiger partial charge is 0.508 e. The zero-order valence-corrected chi connectivity index (χ0v) is 13.3. The number of aliphatic hydroxyl groups excluding tert-OH is 1. The summed E-state index contributed by atoms with van der Waals surface area (Å²) in [6.45, 7) is 5.79. The molecule has 0 heterocycles. The first kappa shape index (κ1) is 16.3. The van der Waals surface area contributed by atoms with Crippen LogP contribution < -0.4 is 10.5 Å². The lowest BCUT2D eigenvalue weighted by Crippen LogP contribution is -2.26. The van der Waals surface area contributed by atoms with Gasteiger partial charge in [-0.25, -0.2) is 0 Å². The average Bonchev–Trinajstić information content (AvgIpc) is 2.46. The monoisotopic (exact) mass is 301 g/mol. The van der Waals surface area contributed by atoms with Crippen LogP contribution in [0.3, 0.4) is 0 Å². The minimum absolute atomic E-state index is 0.0247. The van der Waals surface area contributed by atoms with E-state index in [4.69, 9.17) is 15.6 Å². The van der Waals surface area contributed by atoms with E-state index in [0.29, 0.717) is 12.2 Å². The SMILES string of the molecule is Cc1cc(Oc2c(C)cc(CC(N)CO)cc2C)ccc1O. The lowest BCUT2D eigenvalue weighted by Gasteiger charge is -2.16. The summed E-state index contributed by atoms with van der Waals surface area (Å²) in [5.41, 5.74) is 9.70. The Bertz CT molecular complexity index is 644. The molecule has 0 bridgehead atoms. The third kappa shape index (κ3) is 3.78. The summed E-state index contributed by atoms with van der Waals surface area (Å²) in [5, 5.41) is 18.6. The molecule has 2 aromatic rings. The minimum atomic E-state index is -0.245. The van der Waals surface area contributed by atoms with Gasteiger partial charge in [0.25, 0.3) is 0 Å². The van der Waals surface area contributed by atoms with Crippen molar-refractivity contribution in [2.45, 2.75) is 33.2 Å². The Hall–Kier alpha value is -2.04. The highest BCUT2D eigenvalue weighted by molar-refractivity contribution is 5.47. The van der Waals surface area contributed by atoms with Crippen LogP contribution in [0.4, 0.5) is 0 Å². The molecule has 0 aromatic heterocycles. The van der Waals surface area contributed by atoms with Crippen LogP contribution in [0.15, 0.2) is 30.3 Å². The van der Waals surface area contributed by atoms with Crippen LogP contribution in [-0.2, 0) is 6.42 Å². The molecular formula is C18H23NO3. The number of nitrogens with two attached hydrogens (primary N) is 1. The molecule has 4 nitrogen and oxygen atoms in total. The van der Waals surface area contributed by atoms with Gasteiger partial charge >= 0.3 is 0 Å². The summed E-state index contributed by atoms with van der Waals surface area (Å²) in [6.07, 6.45) is 0.636. The first-order chi connectivity index (χ1) is 10.4. The molecule has 0 spiro atoms. The van der Waals surface area contributed by atoms with Crippen molar-refractivity contribution in [1.29, 1.82) is 0 Å². The molecule has 4 N–H and O–H groups in total. The lowest BCUT2D eigenvalue weighted by atomic mass is 10.0. The van der Waals surface area contributed by atoms with E-state index in [1.807, 2.05) is 39.0 Å². The summed E-state index contributed by atoms with van der Waals surface area (Å²) in [5.74, 6) is 1.77. The molecule has 1 atom stereocenters. The molecule has 2 rings (SSSR count). The van der Waals surface area contributed by atoms with Gasteiger partial charge in [-0.2, -0.15) is 0 Å². The van der Waals surface area contributed by atoms with Crippen molar-refractivity contribution in [2.24, 2.45) is 5.73 Å². The standard InChI is InChI=1S/C18H23NO3/c1-11-8-16(4-5-17(11)21)22-18-12(2)6-14(7-13(18)3)9-15(19)10-20/h4-8,15,20-21H,9-10,19H2,1-3H3. The maximum atomic E-state index is 9.57. The highest BCUT2D eigenvalue weighted by Gasteiger charge is 2.10. The van der Waals surface area contributed by atoms with Crippen molar-refractivity contribution in [3.63, 3.8) is 0 Å². The first-order valence-electron chi connectivity index (χ1n) is 7.34. The van der Waals surface area contributed by atoms with Crippen LogP contribution in [0, 0.1) is 20.8 Å². The van der Waals surface area contributed by atoms with E-state index in [-0.39, 0.29) is 18.4 Å². The normalized spacial score (nSPS) is 12.2. The molecule has 1 unspecified atom stereocenters. The van der Waals surface area contributed by atoms with Crippen molar-refractivity contribution < 1.29 is 14.9 Å². The lowest BCUT2D eigenvalue weighted by molar-refractivity contribution is 0.265. The third-order valence-electron chi connectivity index (χ3n) is 3.64. The van der Waals surface area contributed by atoms with E-state index < -0.39 is 0 Å². The summed E-state index contributed by atoms with van der Waals surface area (Å²) in [7, 11) is 0. The quantitative estimate of drug-likeness (QED) is 0.793. The number of hydrogen-bond donors (Lipinski definition) is 3. The van der Waals surface area contributed by atoms with Gasteiger partial charge in [-0.3, -0.25) is 0 Å². The van der Waals surface area contributed by atoms with E-state index in [0.717, 1.165) is 28.0 Å². The van der Waals surface area contributed by atoms with Crippen LogP contribution >= 0.6 is 0 Å². The smallest absolute Gasteiger partial charge is 0.133 e. The van der Waals surface area contributed by atoms with Crippen molar-refractivity contribution in [3.05, 3.63) is 52.6 Å². The number of hydrogen-bond acceptors (Lipinski definition) is 4. The zero-order chi connectivity index (χ0) is 16.3. The number of phenols is 1. The maximum absolute atomic E-state index is 9.57. The van der Waals surface area contributed by atoms with Gasteiger partial charge in [-0.05, 0) is 67.6 Å². The Morgan fingerprint density at radius 2 is 1.68 bits per heavy atom. The van der Waals surface area contributed by atoms with Gasteiger partial charge in [0.1, 0.15) is 17.2 Å². The molecule has 0 amide bonds. The van der Waals surface area contributed by atoms with Crippen LogP contribution in [0.5, 0.6) is 17.2 Å². The van der Waals surface area contributed by atoms with Crippen LogP contribution in [-0.4, -0.2) is 22.9 Å². The fourth-order valence-electron chi connectivity index (χ4n) is 2.50. The zero-order valence-electron chi connectivity index (χ0n) is 13.3. The van der Waals surface area contributed by atoms with E-state index >= 15 is 0 Å². The topological polar surface area (TPSA) is 75.7 Å². The highest BCUT2D eigenvalue weighted by Crippen LogP contribution is 2.32. The summed E-state index contributed by atoms with van der Waals surface area (Å²) in [4.78, 5) is 0. The molecule has 0 aliphatic heterocycles. The fraction of sp³-hybridized carbons (Fsp3) is 0.333. The Balaban J connectivity index is 2.26. The molecule has 2 aromatic carbocycles.